The number of pyridine rings is 1. The van der Waals surface area contributed by atoms with Crippen molar-refractivity contribution in [3.05, 3.63) is 35.5 Å². The fourth-order valence-electron chi connectivity index (χ4n) is 2.34. The molecule has 2 aromatic rings. The van der Waals surface area contributed by atoms with Crippen molar-refractivity contribution < 1.29 is 5.21 Å². The van der Waals surface area contributed by atoms with Gasteiger partial charge >= 0.3 is 0 Å². The highest BCUT2D eigenvalue weighted by Crippen LogP contribution is 2.33. The molecule has 0 aliphatic heterocycles. The van der Waals surface area contributed by atoms with Crippen LogP contribution in [0.2, 0.25) is 0 Å². The second-order valence-electron chi connectivity index (χ2n) is 3.89. The number of benzene rings is 1. The van der Waals surface area contributed by atoms with Gasteiger partial charge in [-0.2, -0.15) is 0 Å². The Morgan fingerprint density at radius 2 is 2.07 bits per heavy atom. The van der Waals surface area contributed by atoms with Crippen LogP contribution in [0.15, 0.2) is 24.3 Å². The maximum atomic E-state index is 9.22. The molecule has 3 heteroatoms. The Morgan fingerprint density at radius 3 is 2.93 bits per heavy atom. The summed E-state index contributed by atoms with van der Waals surface area (Å²) in [7, 11) is 0. The van der Waals surface area contributed by atoms with Crippen LogP contribution >= 0.6 is 0 Å². The number of aryl methyl sites for hydroxylation is 1. The fraction of sp³-hybridized carbons (Fsp3) is 0.250. The molecular formula is C12H12N2O. The van der Waals surface area contributed by atoms with Crippen LogP contribution in [0, 0.1) is 0 Å². The average Bonchev–Trinajstić information content (AvgIpc) is 2.73. The molecule has 0 atom stereocenters. The van der Waals surface area contributed by atoms with Crippen molar-refractivity contribution in [3.63, 3.8) is 0 Å². The number of rotatable bonds is 1. The van der Waals surface area contributed by atoms with E-state index in [9.17, 15) is 5.21 Å². The van der Waals surface area contributed by atoms with E-state index in [0.717, 1.165) is 41.5 Å². The summed E-state index contributed by atoms with van der Waals surface area (Å²) >= 11 is 0. The maximum absolute atomic E-state index is 9.22. The maximum Gasteiger partial charge on any atom is 0.0746 e. The van der Waals surface area contributed by atoms with Gasteiger partial charge < -0.3 is 0 Å². The van der Waals surface area contributed by atoms with Crippen molar-refractivity contribution in [2.45, 2.75) is 19.3 Å². The zero-order valence-corrected chi connectivity index (χ0v) is 8.33. The Bertz CT molecular complexity index is 522. The first-order valence-corrected chi connectivity index (χ1v) is 5.21. The summed E-state index contributed by atoms with van der Waals surface area (Å²) in [5.41, 5.74) is 6.43. The van der Waals surface area contributed by atoms with Gasteiger partial charge in [0.25, 0.3) is 0 Å². The standard InChI is InChI=1S/C12H12N2O/c15-14-12-8-4-1-2-6-10(8)13-11-7-3-5-9(11)12/h1-2,4,6,15H,3,5,7H2,(H,13,14). The van der Waals surface area contributed by atoms with Gasteiger partial charge in [-0.1, -0.05) is 18.2 Å². The lowest BCUT2D eigenvalue weighted by atomic mass is 10.1. The SMILES string of the molecule is ONc1c2c(nc3ccccc13)CCC2. The van der Waals surface area contributed by atoms with Gasteiger partial charge in [0.1, 0.15) is 0 Å². The molecule has 15 heavy (non-hydrogen) atoms. The molecule has 2 N–H and O–H groups in total. The molecule has 0 spiro atoms. The van der Waals surface area contributed by atoms with Gasteiger partial charge in [-0.3, -0.25) is 15.7 Å². The number of nitrogens with one attached hydrogen (secondary N) is 1. The zero-order valence-electron chi connectivity index (χ0n) is 8.33. The van der Waals surface area contributed by atoms with Gasteiger partial charge in [0.15, 0.2) is 0 Å². The average molecular weight is 200 g/mol. The molecule has 1 heterocycles. The number of hydrogen-bond acceptors (Lipinski definition) is 3. The molecule has 0 saturated heterocycles. The molecule has 3 nitrogen and oxygen atoms in total. The first-order chi connectivity index (χ1) is 7.40. The molecule has 1 aliphatic rings. The Labute approximate surface area is 87.7 Å². The van der Waals surface area contributed by atoms with Gasteiger partial charge in [-0.25, -0.2) is 0 Å². The van der Waals surface area contributed by atoms with Crippen molar-refractivity contribution in [1.29, 1.82) is 0 Å². The van der Waals surface area contributed by atoms with E-state index in [2.05, 4.69) is 10.5 Å². The second-order valence-corrected chi connectivity index (χ2v) is 3.89. The quantitative estimate of drug-likeness (QED) is 0.695. The first kappa shape index (κ1) is 8.68. The van der Waals surface area contributed by atoms with Crippen molar-refractivity contribution in [2.24, 2.45) is 0 Å². The molecule has 0 unspecified atom stereocenters. The predicted octanol–water partition coefficient (Wildman–Crippen LogP) is 2.52. The van der Waals surface area contributed by atoms with Crippen LogP contribution in [-0.4, -0.2) is 10.2 Å². The largest absolute Gasteiger partial charge is 0.291 e. The molecule has 1 aromatic heterocycles. The summed E-state index contributed by atoms with van der Waals surface area (Å²) in [5.74, 6) is 0. The number of hydrogen-bond donors (Lipinski definition) is 2. The summed E-state index contributed by atoms with van der Waals surface area (Å²) in [6, 6.07) is 7.90. The third-order valence-corrected chi connectivity index (χ3v) is 3.03. The lowest BCUT2D eigenvalue weighted by Gasteiger charge is -2.10. The molecule has 0 bridgehead atoms. The van der Waals surface area contributed by atoms with Crippen molar-refractivity contribution in [2.75, 3.05) is 5.48 Å². The minimum absolute atomic E-state index is 0.841. The molecular weight excluding hydrogens is 188 g/mol. The van der Waals surface area contributed by atoms with E-state index in [1.807, 2.05) is 24.3 Å². The van der Waals surface area contributed by atoms with Crippen LogP contribution in [0.4, 0.5) is 5.69 Å². The van der Waals surface area contributed by atoms with E-state index in [1.54, 1.807) is 0 Å². The van der Waals surface area contributed by atoms with Crippen LogP contribution in [0.1, 0.15) is 17.7 Å². The third kappa shape index (κ3) is 1.20. The number of fused-ring (bicyclic) bond motifs is 2. The van der Waals surface area contributed by atoms with Crippen LogP contribution < -0.4 is 5.48 Å². The first-order valence-electron chi connectivity index (χ1n) is 5.21. The van der Waals surface area contributed by atoms with E-state index in [1.165, 1.54) is 5.56 Å². The molecule has 0 saturated carbocycles. The van der Waals surface area contributed by atoms with Crippen molar-refractivity contribution >= 4 is 16.6 Å². The summed E-state index contributed by atoms with van der Waals surface area (Å²) in [4.78, 5) is 4.61. The van der Waals surface area contributed by atoms with Crippen LogP contribution in [0.3, 0.4) is 0 Å². The van der Waals surface area contributed by atoms with Crippen LogP contribution in [0.25, 0.3) is 10.9 Å². The van der Waals surface area contributed by atoms with Gasteiger partial charge in [0.05, 0.1) is 11.2 Å². The topological polar surface area (TPSA) is 45.1 Å². The Kier molecular flexibility index (Phi) is 1.86. The number of anilines is 1. The van der Waals surface area contributed by atoms with Gasteiger partial charge in [0.2, 0.25) is 0 Å². The zero-order chi connectivity index (χ0) is 10.3. The van der Waals surface area contributed by atoms with Crippen LogP contribution in [-0.2, 0) is 12.8 Å². The summed E-state index contributed by atoms with van der Waals surface area (Å²) in [6.07, 6.45) is 3.16. The predicted molar refractivity (Wildman–Crippen MR) is 59.2 cm³/mol. The lowest BCUT2D eigenvalue weighted by Crippen LogP contribution is -1.99. The minimum atomic E-state index is 0.841. The Morgan fingerprint density at radius 1 is 1.20 bits per heavy atom. The second kappa shape index (κ2) is 3.21. The Hall–Kier alpha value is -1.61. The van der Waals surface area contributed by atoms with Gasteiger partial charge in [0, 0.05) is 11.1 Å². The van der Waals surface area contributed by atoms with E-state index >= 15 is 0 Å². The molecule has 1 aliphatic carbocycles. The number of para-hydroxylation sites is 1. The van der Waals surface area contributed by atoms with Crippen molar-refractivity contribution in [3.8, 4) is 0 Å². The highest BCUT2D eigenvalue weighted by molar-refractivity contribution is 5.93. The normalized spacial score (nSPS) is 14.2. The van der Waals surface area contributed by atoms with Crippen LogP contribution in [0.5, 0.6) is 0 Å². The summed E-state index contributed by atoms with van der Waals surface area (Å²) in [5, 5.41) is 10.2. The Balaban J connectivity index is 2.41. The number of aromatic nitrogens is 1. The minimum Gasteiger partial charge on any atom is -0.291 e. The lowest BCUT2D eigenvalue weighted by molar-refractivity contribution is 0.389. The van der Waals surface area contributed by atoms with Crippen molar-refractivity contribution in [1.82, 2.24) is 4.98 Å². The van der Waals surface area contributed by atoms with E-state index in [-0.39, 0.29) is 0 Å². The molecule has 0 amide bonds. The third-order valence-electron chi connectivity index (χ3n) is 3.03. The smallest absolute Gasteiger partial charge is 0.0746 e. The fourth-order valence-corrected chi connectivity index (χ4v) is 2.34. The van der Waals surface area contributed by atoms with Gasteiger partial charge in [-0.15, -0.1) is 0 Å². The molecule has 76 valence electrons. The highest BCUT2D eigenvalue weighted by Gasteiger charge is 2.18. The van der Waals surface area contributed by atoms with E-state index in [4.69, 9.17) is 0 Å². The molecule has 0 radical (unpaired) electrons. The highest BCUT2D eigenvalue weighted by atomic mass is 16.5. The summed E-state index contributed by atoms with van der Waals surface area (Å²) < 4.78 is 0. The monoisotopic (exact) mass is 200 g/mol. The van der Waals surface area contributed by atoms with Gasteiger partial charge in [-0.05, 0) is 30.9 Å². The van der Waals surface area contributed by atoms with E-state index < -0.39 is 0 Å². The molecule has 0 fully saturated rings. The molecule has 3 rings (SSSR count). The summed E-state index contributed by atoms with van der Waals surface area (Å²) in [6.45, 7) is 0. The molecule has 1 aromatic carbocycles. The number of nitrogens with zero attached hydrogens (tertiary/aromatic N) is 1. The van der Waals surface area contributed by atoms with E-state index in [0.29, 0.717) is 0 Å².